The molecule has 0 saturated carbocycles. The zero-order valence-electron chi connectivity index (χ0n) is 14.6. The molecule has 0 fully saturated rings. The molecule has 0 aliphatic heterocycles. The number of benzene rings is 1. The number of rotatable bonds is 7. The highest BCUT2D eigenvalue weighted by atomic mass is 16.5. The zero-order chi connectivity index (χ0) is 18.4. The summed E-state index contributed by atoms with van der Waals surface area (Å²) in [5, 5.41) is 0. The Kier molecular flexibility index (Phi) is 6.00. The van der Waals surface area contributed by atoms with E-state index in [9.17, 15) is 9.59 Å². The first-order valence-electron chi connectivity index (χ1n) is 7.73. The molecule has 0 spiro atoms. The summed E-state index contributed by atoms with van der Waals surface area (Å²) in [6, 6.07) is 8.46. The zero-order valence-corrected chi connectivity index (χ0v) is 14.6. The molecule has 6 heteroatoms. The van der Waals surface area contributed by atoms with E-state index in [1.807, 2.05) is 0 Å². The van der Waals surface area contributed by atoms with E-state index in [2.05, 4.69) is 6.58 Å². The summed E-state index contributed by atoms with van der Waals surface area (Å²) in [6.07, 6.45) is 1.65. The van der Waals surface area contributed by atoms with Gasteiger partial charge in [-0.25, -0.2) is 4.79 Å². The van der Waals surface area contributed by atoms with Gasteiger partial charge >= 0.3 is 5.97 Å². The lowest BCUT2D eigenvalue weighted by Crippen LogP contribution is -2.25. The minimum absolute atomic E-state index is 0.163. The van der Waals surface area contributed by atoms with Gasteiger partial charge in [0.05, 0.1) is 13.7 Å². The van der Waals surface area contributed by atoms with Gasteiger partial charge in [-0.1, -0.05) is 12.7 Å². The molecule has 6 nitrogen and oxygen atoms in total. The van der Waals surface area contributed by atoms with Gasteiger partial charge in [-0.05, 0) is 37.3 Å². The molecule has 0 aliphatic carbocycles. The van der Waals surface area contributed by atoms with Crippen molar-refractivity contribution in [3.63, 3.8) is 0 Å². The molecular formula is C19H21NO5. The molecule has 1 heterocycles. The largest absolute Gasteiger partial charge is 0.490 e. The quantitative estimate of drug-likeness (QED) is 0.570. The van der Waals surface area contributed by atoms with Gasteiger partial charge in [0.25, 0.3) is 5.91 Å². The van der Waals surface area contributed by atoms with E-state index in [1.165, 1.54) is 12.0 Å². The van der Waals surface area contributed by atoms with Gasteiger partial charge in [-0.15, -0.1) is 0 Å². The summed E-state index contributed by atoms with van der Waals surface area (Å²) >= 11 is 0. The first-order valence-corrected chi connectivity index (χ1v) is 7.73. The van der Waals surface area contributed by atoms with E-state index in [4.69, 9.17) is 13.9 Å². The Balaban J connectivity index is 2.05. The van der Waals surface area contributed by atoms with Crippen LogP contribution in [0.25, 0.3) is 0 Å². The minimum Gasteiger partial charge on any atom is -0.490 e. The van der Waals surface area contributed by atoms with Crippen molar-refractivity contribution >= 4 is 11.9 Å². The molecule has 1 aromatic heterocycles. The van der Waals surface area contributed by atoms with Crippen LogP contribution in [0.4, 0.5) is 0 Å². The average Bonchev–Trinajstić information content (AvgIpc) is 2.99. The van der Waals surface area contributed by atoms with Crippen molar-refractivity contribution in [2.24, 2.45) is 0 Å². The predicted molar refractivity (Wildman–Crippen MR) is 92.7 cm³/mol. The van der Waals surface area contributed by atoms with Crippen molar-refractivity contribution in [2.45, 2.75) is 13.5 Å². The van der Waals surface area contributed by atoms with Crippen LogP contribution in [0.3, 0.4) is 0 Å². The lowest BCUT2D eigenvalue weighted by Gasteiger charge is -2.16. The Morgan fingerprint density at radius 2 is 1.96 bits per heavy atom. The van der Waals surface area contributed by atoms with Gasteiger partial charge in [0.2, 0.25) is 0 Å². The summed E-state index contributed by atoms with van der Waals surface area (Å²) in [6.45, 7) is 5.92. The third-order valence-electron chi connectivity index (χ3n) is 3.58. The second-order valence-electron chi connectivity index (χ2n) is 5.46. The fourth-order valence-corrected chi connectivity index (χ4v) is 2.31. The van der Waals surface area contributed by atoms with E-state index in [-0.39, 0.29) is 12.5 Å². The Morgan fingerprint density at radius 3 is 2.56 bits per heavy atom. The lowest BCUT2D eigenvalue weighted by molar-refractivity contribution is 0.0598. The van der Waals surface area contributed by atoms with Crippen LogP contribution in [0.2, 0.25) is 0 Å². The summed E-state index contributed by atoms with van der Waals surface area (Å²) in [5.74, 6) is 1.02. The van der Waals surface area contributed by atoms with Crippen LogP contribution in [0, 0.1) is 6.92 Å². The highest BCUT2D eigenvalue weighted by Crippen LogP contribution is 2.18. The standard InChI is InChI=1S/C19H21NO5/c1-5-10-24-15-8-6-14(7-9-15)18(21)20(3)12-16-11-17(13(2)25-16)19(22)23-4/h5-9,11H,1,10,12H2,2-4H3. The number of furan rings is 1. The molecule has 2 rings (SSSR count). The Morgan fingerprint density at radius 1 is 1.28 bits per heavy atom. The van der Waals surface area contributed by atoms with Gasteiger partial charge in [-0.2, -0.15) is 0 Å². The van der Waals surface area contributed by atoms with E-state index in [0.717, 1.165) is 0 Å². The number of ether oxygens (including phenoxy) is 2. The molecule has 0 aliphatic rings. The van der Waals surface area contributed by atoms with E-state index in [0.29, 0.717) is 35.0 Å². The first-order chi connectivity index (χ1) is 12.0. The normalized spacial score (nSPS) is 10.2. The van der Waals surface area contributed by atoms with Crippen molar-refractivity contribution in [1.29, 1.82) is 0 Å². The van der Waals surface area contributed by atoms with E-state index < -0.39 is 5.97 Å². The maximum absolute atomic E-state index is 12.5. The molecular weight excluding hydrogens is 322 g/mol. The number of hydrogen-bond acceptors (Lipinski definition) is 5. The van der Waals surface area contributed by atoms with Gasteiger partial charge in [0.15, 0.2) is 0 Å². The summed E-state index contributed by atoms with van der Waals surface area (Å²) < 4.78 is 15.6. The Bertz CT molecular complexity index is 761. The second kappa shape index (κ2) is 8.19. The number of nitrogens with zero attached hydrogens (tertiary/aromatic N) is 1. The molecule has 25 heavy (non-hydrogen) atoms. The van der Waals surface area contributed by atoms with Crippen LogP contribution in [-0.2, 0) is 11.3 Å². The van der Waals surface area contributed by atoms with Crippen LogP contribution in [0.1, 0.15) is 32.2 Å². The van der Waals surface area contributed by atoms with Gasteiger partial charge in [-0.3, -0.25) is 4.79 Å². The Hall–Kier alpha value is -3.02. The minimum atomic E-state index is -0.461. The van der Waals surface area contributed by atoms with Crippen LogP contribution in [-0.4, -0.2) is 37.5 Å². The summed E-state index contributed by atoms with van der Waals surface area (Å²) in [7, 11) is 2.98. The molecule has 0 radical (unpaired) electrons. The summed E-state index contributed by atoms with van der Waals surface area (Å²) in [4.78, 5) is 25.6. The van der Waals surface area contributed by atoms with Crippen molar-refractivity contribution in [2.75, 3.05) is 20.8 Å². The first kappa shape index (κ1) is 18.3. The predicted octanol–water partition coefficient (Wildman–Crippen LogP) is 3.21. The van der Waals surface area contributed by atoms with E-state index >= 15 is 0 Å². The highest BCUT2D eigenvalue weighted by Gasteiger charge is 2.18. The molecule has 0 saturated heterocycles. The Labute approximate surface area is 146 Å². The van der Waals surface area contributed by atoms with Crippen LogP contribution < -0.4 is 4.74 Å². The smallest absolute Gasteiger partial charge is 0.341 e. The van der Waals surface area contributed by atoms with Gasteiger partial charge < -0.3 is 18.8 Å². The maximum Gasteiger partial charge on any atom is 0.341 e. The lowest BCUT2D eigenvalue weighted by atomic mass is 10.2. The number of carbonyl (C=O) groups is 2. The molecule has 0 bridgehead atoms. The van der Waals surface area contributed by atoms with Gasteiger partial charge in [0.1, 0.15) is 29.4 Å². The number of aryl methyl sites for hydroxylation is 1. The number of hydrogen-bond donors (Lipinski definition) is 0. The van der Waals surface area contributed by atoms with E-state index in [1.54, 1.807) is 50.4 Å². The topological polar surface area (TPSA) is 69.0 Å². The molecule has 1 amide bonds. The van der Waals surface area contributed by atoms with Crippen molar-refractivity contribution in [1.82, 2.24) is 4.90 Å². The average molecular weight is 343 g/mol. The fourth-order valence-electron chi connectivity index (χ4n) is 2.31. The number of carbonyl (C=O) groups excluding carboxylic acids is 2. The van der Waals surface area contributed by atoms with Crippen LogP contribution in [0.5, 0.6) is 5.75 Å². The highest BCUT2D eigenvalue weighted by molar-refractivity contribution is 5.94. The third-order valence-corrected chi connectivity index (χ3v) is 3.58. The summed E-state index contributed by atoms with van der Waals surface area (Å²) in [5.41, 5.74) is 0.895. The number of methoxy groups -OCH3 is 1. The SMILES string of the molecule is C=CCOc1ccc(C(=O)N(C)Cc2cc(C(=O)OC)c(C)o2)cc1. The van der Waals surface area contributed by atoms with Crippen molar-refractivity contribution < 1.29 is 23.5 Å². The molecule has 0 unspecified atom stereocenters. The van der Waals surface area contributed by atoms with Crippen LogP contribution >= 0.6 is 0 Å². The van der Waals surface area contributed by atoms with Crippen molar-refractivity contribution in [3.8, 4) is 5.75 Å². The fraction of sp³-hybridized carbons (Fsp3) is 0.263. The number of amides is 1. The molecule has 2 aromatic rings. The maximum atomic E-state index is 12.5. The third kappa shape index (κ3) is 4.50. The van der Waals surface area contributed by atoms with Gasteiger partial charge in [0, 0.05) is 12.6 Å². The number of esters is 1. The molecule has 132 valence electrons. The molecule has 0 atom stereocenters. The monoisotopic (exact) mass is 343 g/mol. The van der Waals surface area contributed by atoms with Crippen molar-refractivity contribution in [3.05, 3.63) is 65.6 Å². The molecule has 0 N–H and O–H groups in total. The molecule has 1 aromatic carbocycles. The second-order valence-corrected chi connectivity index (χ2v) is 5.46. The van der Waals surface area contributed by atoms with Crippen LogP contribution in [0.15, 0.2) is 47.4 Å².